The van der Waals surface area contributed by atoms with E-state index in [1.54, 1.807) is 18.2 Å². The van der Waals surface area contributed by atoms with E-state index in [0.717, 1.165) is 16.3 Å². The molecule has 0 aromatic heterocycles. The zero-order valence-electron chi connectivity index (χ0n) is 14.5. The summed E-state index contributed by atoms with van der Waals surface area (Å²) in [7, 11) is 1.28. The van der Waals surface area contributed by atoms with E-state index in [0.29, 0.717) is 5.75 Å². The number of aryl methyl sites for hydroxylation is 1. The van der Waals surface area contributed by atoms with Crippen LogP contribution in [0, 0.1) is 6.92 Å². The second-order valence-electron chi connectivity index (χ2n) is 5.77. The monoisotopic (exact) mass is 350 g/mol. The molecule has 3 aromatic rings. The lowest BCUT2D eigenvalue weighted by atomic mass is 10.1. The fourth-order valence-corrected chi connectivity index (χ4v) is 2.57. The van der Waals surface area contributed by atoms with Crippen LogP contribution in [0.25, 0.3) is 10.8 Å². The average Bonchev–Trinajstić information content (AvgIpc) is 2.65. The van der Waals surface area contributed by atoms with Gasteiger partial charge in [0.05, 0.1) is 7.11 Å². The Balaban J connectivity index is 1.80. The predicted molar refractivity (Wildman–Crippen MR) is 97.6 cm³/mol. The van der Waals surface area contributed by atoms with E-state index in [1.807, 2.05) is 49.4 Å². The Morgan fingerprint density at radius 1 is 0.923 bits per heavy atom. The molecule has 3 rings (SSSR count). The number of hydrogen-bond donors (Lipinski definition) is 0. The lowest BCUT2D eigenvalue weighted by molar-refractivity contribution is -0.136. The van der Waals surface area contributed by atoms with Crippen molar-refractivity contribution in [3.05, 3.63) is 71.8 Å². The van der Waals surface area contributed by atoms with Gasteiger partial charge in [0, 0.05) is 0 Å². The first-order chi connectivity index (χ1) is 12.6. The van der Waals surface area contributed by atoms with Crippen LogP contribution in [0.3, 0.4) is 0 Å². The van der Waals surface area contributed by atoms with Crippen LogP contribution >= 0.6 is 0 Å². The number of hydrogen-bond acceptors (Lipinski definition) is 5. The largest absolute Gasteiger partial charge is 0.482 e. The lowest BCUT2D eigenvalue weighted by Gasteiger charge is -2.11. The summed E-state index contributed by atoms with van der Waals surface area (Å²) in [4.78, 5) is 24.2. The van der Waals surface area contributed by atoms with Gasteiger partial charge in [0.1, 0.15) is 17.1 Å². The minimum Gasteiger partial charge on any atom is -0.482 e. The smallest absolute Gasteiger partial charge is 0.349 e. The van der Waals surface area contributed by atoms with Crippen molar-refractivity contribution in [2.75, 3.05) is 13.7 Å². The topological polar surface area (TPSA) is 61.8 Å². The van der Waals surface area contributed by atoms with E-state index in [9.17, 15) is 9.59 Å². The fourth-order valence-electron chi connectivity index (χ4n) is 2.57. The van der Waals surface area contributed by atoms with Crippen LogP contribution in [-0.2, 0) is 9.53 Å². The Morgan fingerprint density at radius 3 is 2.35 bits per heavy atom. The maximum Gasteiger partial charge on any atom is 0.349 e. The number of methoxy groups -OCH3 is 1. The van der Waals surface area contributed by atoms with Gasteiger partial charge in [-0.25, -0.2) is 9.59 Å². The third-order valence-corrected chi connectivity index (χ3v) is 3.82. The SMILES string of the molecule is COC(=O)c1cc2ccccc2cc1OC(=O)COc1cccc(C)c1. The molecule has 0 saturated carbocycles. The number of fused-ring (bicyclic) bond motifs is 1. The molecule has 0 aliphatic carbocycles. The van der Waals surface area contributed by atoms with Gasteiger partial charge in [-0.1, -0.05) is 36.4 Å². The van der Waals surface area contributed by atoms with Gasteiger partial charge in [0.25, 0.3) is 0 Å². The summed E-state index contributed by atoms with van der Waals surface area (Å²) in [6, 6.07) is 18.1. The third-order valence-electron chi connectivity index (χ3n) is 3.82. The minimum atomic E-state index is -0.605. The number of carbonyl (C=O) groups is 2. The van der Waals surface area contributed by atoms with Crippen molar-refractivity contribution in [1.82, 2.24) is 0 Å². The van der Waals surface area contributed by atoms with Crippen LogP contribution in [-0.4, -0.2) is 25.7 Å². The highest BCUT2D eigenvalue weighted by Gasteiger charge is 2.17. The Hall–Kier alpha value is -3.34. The van der Waals surface area contributed by atoms with Crippen molar-refractivity contribution in [2.45, 2.75) is 6.92 Å². The molecule has 0 spiro atoms. The fraction of sp³-hybridized carbons (Fsp3) is 0.143. The molecule has 0 N–H and O–H groups in total. The van der Waals surface area contributed by atoms with E-state index in [1.165, 1.54) is 7.11 Å². The van der Waals surface area contributed by atoms with Crippen LogP contribution in [0.1, 0.15) is 15.9 Å². The Kier molecular flexibility index (Phi) is 5.17. The van der Waals surface area contributed by atoms with Crippen LogP contribution in [0.5, 0.6) is 11.5 Å². The van der Waals surface area contributed by atoms with E-state index in [2.05, 4.69) is 0 Å². The molecular weight excluding hydrogens is 332 g/mol. The molecule has 26 heavy (non-hydrogen) atoms. The molecule has 0 saturated heterocycles. The van der Waals surface area contributed by atoms with Crippen LogP contribution in [0.15, 0.2) is 60.7 Å². The van der Waals surface area contributed by atoms with Gasteiger partial charge in [-0.05, 0) is 47.5 Å². The van der Waals surface area contributed by atoms with Gasteiger partial charge < -0.3 is 14.2 Å². The highest BCUT2D eigenvalue weighted by Crippen LogP contribution is 2.27. The van der Waals surface area contributed by atoms with Gasteiger partial charge in [-0.2, -0.15) is 0 Å². The molecule has 0 radical (unpaired) electrons. The van der Waals surface area contributed by atoms with Crippen LogP contribution < -0.4 is 9.47 Å². The second-order valence-corrected chi connectivity index (χ2v) is 5.77. The Labute approximate surface area is 151 Å². The predicted octanol–water partition coefficient (Wildman–Crippen LogP) is 3.92. The first-order valence-electron chi connectivity index (χ1n) is 8.08. The maximum absolute atomic E-state index is 12.2. The van der Waals surface area contributed by atoms with Gasteiger partial charge in [-0.3, -0.25) is 0 Å². The summed E-state index contributed by atoms with van der Waals surface area (Å²) >= 11 is 0. The van der Waals surface area contributed by atoms with E-state index >= 15 is 0 Å². The molecule has 132 valence electrons. The van der Waals surface area contributed by atoms with Crippen molar-refractivity contribution < 1.29 is 23.8 Å². The van der Waals surface area contributed by atoms with E-state index < -0.39 is 11.9 Å². The molecular formula is C21H18O5. The van der Waals surface area contributed by atoms with E-state index in [-0.39, 0.29) is 17.9 Å². The van der Waals surface area contributed by atoms with Crippen molar-refractivity contribution >= 4 is 22.7 Å². The molecule has 0 bridgehead atoms. The molecule has 0 unspecified atom stereocenters. The molecule has 0 heterocycles. The minimum absolute atomic E-state index is 0.147. The maximum atomic E-state index is 12.2. The zero-order chi connectivity index (χ0) is 18.5. The van der Waals surface area contributed by atoms with Crippen LogP contribution in [0.2, 0.25) is 0 Å². The Morgan fingerprint density at radius 2 is 1.65 bits per heavy atom. The van der Waals surface area contributed by atoms with Crippen molar-refractivity contribution in [3.63, 3.8) is 0 Å². The number of ether oxygens (including phenoxy) is 3. The molecule has 0 aliphatic rings. The summed E-state index contributed by atoms with van der Waals surface area (Å²) in [6.45, 7) is 1.67. The zero-order valence-corrected chi connectivity index (χ0v) is 14.5. The summed E-state index contributed by atoms with van der Waals surface area (Å²) in [6.07, 6.45) is 0. The number of esters is 2. The van der Waals surface area contributed by atoms with Gasteiger partial charge in [-0.15, -0.1) is 0 Å². The quantitative estimate of drug-likeness (QED) is 0.515. The highest BCUT2D eigenvalue weighted by atomic mass is 16.6. The standard InChI is InChI=1S/C21H18O5/c1-14-6-5-9-17(10-14)25-13-20(22)26-19-12-16-8-4-3-7-15(16)11-18(19)21(23)24-2/h3-12H,13H2,1-2H3. The molecule has 0 amide bonds. The Bertz CT molecular complexity index is 962. The average molecular weight is 350 g/mol. The summed E-state index contributed by atoms with van der Waals surface area (Å²) in [5, 5.41) is 1.70. The van der Waals surface area contributed by atoms with Gasteiger partial charge in [0.15, 0.2) is 6.61 Å². The first-order valence-corrected chi connectivity index (χ1v) is 8.08. The summed E-state index contributed by atoms with van der Waals surface area (Å²) < 4.78 is 15.6. The van der Waals surface area contributed by atoms with Gasteiger partial charge >= 0.3 is 11.9 Å². The molecule has 0 atom stereocenters. The molecule has 0 aliphatic heterocycles. The molecule has 5 nitrogen and oxygen atoms in total. The normalized spacial score (nSPS) is 10.4. The van der Waals surface area contributed by atoms with Crippen LogP contribution in [0.4, 0.5) is 0 Å². The number of benzene rings is 3. The molecule has 3 aromatic carbocycles. The second kappa shape index (κ2) is 7.70. The summed E-state index contributed by atoms with van der Waals surface area (Å²) in [5.41, 5.74) is 1.22. The first kappa shape index (κ1) is 17.5. The van der Waals surface area contributed by atoms with Crippen molar-refractivity contribution in [3.8, 4) is 11.5 Å². The lowest BCUT2D eigenvalue weighted by Crippen LogP contribution is -2.19. The number of carbonyl (C=O) groups excluding carboxylic acids is 2. The van der Waals surface area contributed by atoms with Crippen molar-refractivity contribution in [2.24, 2.45) is 0 Å². The molecule has 5 heteroatoms. The van der Waals surface area contributed by atoms with Crippen molar-refractivity contribution in [1.29, 1.82) is 0 Å². The molecule has 0 fully saturated rings. The third kappa shape index (κ3) is 4.00. The highest BCUT2D eigenvalue weighted by molar-refractivity contribution is 5.99. The number of rotatable bonds is 5. The van der Waals surface area contributed by atoms with Gasteiger partial charge in [0.2, 0.25) is 0 Å². The van der Waals surface area contributed by atoms with E-state index in [4.69, 9.17) is 14.2 Å². The summed E-state index contributed by atoms with van der Waals surface area (Å²) in [5.74, 6) is -0.452.